The Bertz CT molecular complexity index is 990. The number of nitrogens with zero attached hydrogens (tertiary/aromatic N) is 2. The highest BCUT2D eigenvalue weighted by Gasteiger charge is 2.31. The lowest BCUT2D eigenvalue weighted by atomic mass is 10.1. The summed E-state index contributed by atoms with van der Waals surface area (Å²) in [5, 5.41) is 2.74. The second kappa shape index (κ2) is 8.16. The molecule has 2 amide bonds. The molecule has 1 saturated heterocycles. The van der Waals surface area contributed by atoms with Crippen LogP contribution in [0.5, 0.6) is 0 Å². The number of halogens is 1. The minimum absolute atomic E-state index is 0.194. The van der Waals surface area contributed by atoms with E-state index in [1.807, 2.05) is 0 Å². The molecule has 29 heavy (non-hydrogen) atoms. The maximum Gasteiger partial charge on any atom is 0.296 e. The number of ether oxygens (including phenoxy) is 1. The maximum absolute atomic E-state index is 13.5. The molecule has 0 aliphatic carbocycles. The first kappa shape index (κ1) is 20.7. The first-order valence-electron chi connectivity index (χ1n) is 9.37. The number of hydrogen-bond acceptors (Lipinski definition) is 4. The third-order valence-electron chi connectivity index (χ3n) is 5.28. The zero-order valence-corrected chi connectivity index (χ0v) is 17.0. The Morgan fingerprint density at radius 2 is 1.76 bits per heavy atom. The number of carbonyl (C=O) groups is 3. The van der Waals surface area contributed by atoms with E-state index in [9.17, 15) is 18.8 Å². The molecule has 7 nitrogen and oxygen atoms in total. The number of morpholine rings is 1. The summed E-state index contributed by atoms with van der Waals surface area (Å²) in [5.74, 6) is -2.02. The van der Waals surface area contributed by atoms with Gasteiger partial charge in [-0.25, -0.2) is 4.39 Å². The van der Waals surface area contributed by atoms with Gasteiger partial charge in [0.05, 0.1) is 24.5 Å². The third kappa shape index (κ3) is 3.93. The quantitative estimate of drug-likeness (QED) is 0.630. The van der Waals surface area contributed by atoms with Gasteiger partial charge in [0.1, 0.15) is 5.82 Å². The number of hydrogen-bond donors (Lipinski definition) is 1. The first-order valence-corrected chi connectivity index (χ1v) is 9.37. The van der Waals surface area contributed by atoms with E-state index in [0.717, 1.165) is 0 Å². The normalized spacial score (nSPS) is 14.0. The van der Waals surface area contributed by atoms with Crippen molar-refractivity contribution in [3.05, 3.63) is 52.1 Å². The fraction of sp³-hybridized carbons (Fsp3) is 0.381. The average Bonchev–Trinajstić information content (AvgIpc) is 2.93. The Morgan fingerprint density at radius 1 is 1.10 bits per heavy atom. The molecule has 0 saturated carbocycles. The van der Waals surface area contributed by atoms with Gasteiger partial charge in [0.25, 0.3) is 17.6 Å². The number of amides is 2. The molecule has 0 radical (unpaired) electrons. The van der Waals surface area contributed by atoms with Crippen molar-refractivity contribution in [3.63, 3.8) is 0 Å². The minimum Gasteiger partial charge on any atom is -0.378 e. The van der Waals surface area contributed by atoms with Crippen LogP contribution in [0.1, 0.15) is 37.7 Å². The van der Waals surface area contributed by atoms with Crippen molar-refractivity contribution in [2.75, 3.05) is 31.6 Å². The Balaban J connectivity index is 1.89. The van der Waals surface area contributed by atoms with Crippen LogP contribution in [0.3, 0.4) is 0 Å². The van der Waals surface area contributed by atoms with E-state index in [1.54, 1.807) is 32.4 Å². The van der Waals surface area contributed by atoms with Crippen molar-refractivity contribution >= 4 is 23.3 Å². The van der Waals surface area contributed by atoms with E-state index in [-0.39, 0.29) is 11.5 Å². The Kier molecular flexibility index (Phi) is 5.83. The lowest BCUT2D eigenvalue weighted by molar-refractivity contribution is -0.130. The second-order valence-corrected chi connectivity index (χ2v) is 7.14. The number of carbonyl (C=O) groups excluding carboxylic acids is 3. The van der Waals surface area contributed by atoms with E-state index >= 15 is 0 Å². The predicted octanol–water partition coefficient (Wildman–Crippen LogP) is 2.38. The number of ketones is 1. The van der Waals surface area contributed by atoms with Crippen molar-refractivity contribution < 1.29 is 23.5 Å². The van der Waals surface area contributed by atoms with Crippen LogP contribution in [0.15, 0.2) is 18.2 Å². The van der Waals surface area contributed by atoms with Crippen LogP contribution in [-0.2, 0) is 16.6 Å². The van der Waals surface area contributed by atoms with Gasteiger partial charge in [-0.05, 0) is 50.1 Å². The van der Waals surface area contributed by atoms with Gasteiger partial charge in [-0.3, -0.25) is 14.4 Å². The molecule has 8 heteroatoms. The summed E-state index contributed by atoms with van der Waals surface area (Å²) in [6, 6.07) is 4.29. The van der Waals surface area contributed by atoms with Crippen LogP contribution in [0.25, 0.3) is 0 Å². The molecule has 154 valence electrons. The van der Waals surface area contributed by atoms with E-state index in [4.69, 9.17) is 4.74 Å². The van der Waals surface area contributed by atoms with Gasteiger partial charge in [-0.1, -0.05) is 0 Å². The molecule has 3 rings (SSSR count). The molecule has 0 spiro atoms. The molecule has 1 aliphatic rings. The summed E-state index contributed by atoms with van der Waals surface area (Å²) >= 11 is 0. The fourth-order valence-electron chi connectivity index (χ4n) is 3.56. The van der Waals surface area contributed by atoms with Crippen LogP contribution in [-0.4, -0.2) is 53.4 Å². The van der Waals surface area contributed by atoms with Gasteiger partial charge in [0, 0.05) is 31.5 Å². The summed E-state index contributed by atoms with van der Waals surface area (Å²) in [6.07, 6.45) is 0. The van der Waals surface area contributed by atoms with E-state index < -0.39 is 17.6 Å². The molecule has 1 aromatic carbocycles. The van der Waals surface area contributed by atoms with Crippen LogP contribution in [0.2, 0.25) is 0 Å². The number of anilines is 1. The van der Waals surface area contributed by atoms with E-state index in [1.165, 1.54) is 23.1 Å². The maximum atomic E-state index is 13.5. The summed E-state index contributed by atoms with van der Waals surface area (Å²) in [5.41, 5.74) is 2.39. The molecule has 1 N–H and O–H groups in total. The molecule has 0 bridgehead atoms. The lowest BCUT2D eigenvalue weighted by Gasteiger charge is -2.26. The summed E-state index contributed by atoms with van der Waals surface area (Å²) in [4.78, 5) is 39.9. The van der Waals surface area contributed by atoms with Gasteiger partial charge in [0.15, 0.2) is 0 Å². The zero-order chi connectivity index (χ0) is 21.3. The van der Waals surface area contributed by atoms with Crippen LogP contribution < -0.4 is 5.32 Å². The number of aromatic nitrogens is 1. The molecular weight excluding hydrogens is 377 g/mol. The number of aryl methyl sites for hydroxylation is 1. The molecule has 0 unspecified atom stereocenters. The number of rotatable bonds is 4. The monoisotopic (exact) mass is 401 g/mol. The summed E-state index contributed by atoms with van der Waals surface area (Å²) in [6.45, 7) is 6.50. The number of Topliss-reactive ketones (excluding diaryl/α,β-unsaturated/α-hetero) is 1. The first-order chi connectivity index (χ1) is 13.7. The molecule has 1 fully saturated rings. The second-order valence-electron chi connectivity index (χ2n) is 7.14. The molecule has 1 aromatic heterocycles. The smallest absolute Gasteiger partial charge is 0.296 e. The van der Waals surface area contributed by atoms with Gasteiger partial charge in [0.2, 0.25) is 0 Å². The highest BCUT2D eigenvalue weighted by atomic mass is 19.1. The Labute approximate surface area is 168 Å². The van der Waals surface area contributed by atoms with Gasteiger partial charge in [-0.15, -0.1) is 0 Å². The number of benzene rings is 1. The average molecular weight is 401 g/mol. The molecule has 1 aliphatic heterocycles. The highest BCUT2D eigenvalue weighted by Crippen LogP contribution is 2.24. The van der Waals surface area contributed by atoms with Crippen molar-refractivity contribution in [2.45, 2.75) is 20.8 Å². The Morgan fingerprint density at radius 3 is 2.38 bits per heavy atom. The number of nitrogens with one attached hydrogen (secondary N) is 1. The topological polar surface area (TPSA) is 80.6 Å². The predicted molar refractivity (Wildman–Crippen MR) is 106 cm³/mol. The van der Waals surface area contributed by atoms with Crippen molar-refractivity contribution in [1.82, 2.24) is 9.47 Å². The molecule has 2 aromatic rings. The largest absolute Gasteiger partial charge is 0.378 e. The molecule has 2 heterocycles. The van der Waals surface area contributed by atoms with Crippen LogP contribution in [0, 0.1) is 26.6 Å². The van der Waals surface area contributed by atoms with Crippen molar-refractivity contribution in [1.29, 1.82) is 0 Å². The molecular formula is C21H24FN3O4. The molecule has 0 atom stereocenters. The van der Waals surface area contributed by atoms with Crippen LogP contribution >= 0.6 is 0 Å². The van der Waals surface area contributed by atoms with Crippen molar-refractivity contribution in [3.8, 4) is 0 Å². The third-order valence-corrected chi connectivity index (χ3v) is 5.28. The highest BCUT2D eigenvalue weighted by molar-refractivity contribution is 6.43. The standard InChI is InChI=1S/C21H24FN3O4/c1-12-11-15(5-6-16(12)22)23-20(27)17-13(2)18(24(4)14(17)3)19(26)21(28)25-7-9-29-10-8-25/h5-6,11H,7-10H2,1-4H3,(H,23,27). The Hall–Kier alpha value is -3.00. The van der Waals surface area contributed by atoms with Gasteiger partial charge < -0.3 is 19.5 Å². The zero-order valence-electron chi connectivity index (χ0n) is 17.0. The fourth-order valence-corrected chi connectivity index (χ4v) is 3.56. The van der Waals surface area contributed by atoms with Crippen molar-refractivity contribution in [2.24, 2.45) is 7.05 Å². The lowest BCUT2D eigenvalue weighted by Crippen LogP contribution is -2.44. The van der Waals surface area contributed by atoms with E-state index in [0.29, 0.717) is 54.4 Å². The van der Waals surface area contributed by atoms with Crippen LogP contribution in [0.4, 0.5) is 10.1 Å². The van der Waals surface area contributed by atoms with E-state index in [2.05, 4.69) is 5.32 Å². The van der Waals surface area contributed by atoms with Gasteiger partial charge >= 0.3 is 0 Å². The minimum atomic E-state index is -0.647. The summed E-state index contributed by atoms with van der Waals surface area (Å²) in [7, 11) is 1.65. The summed E-state index contributed by atoms with van der Waals surface area (Å²) < 4.78 is 20.3. The van der Waals surface area contributed by atoms with Gasteiger partial charge in [-0.2, -0.15) is 0 Å². The SMILES string of the molecule is Cc1cc(NC(=O)c2c(C)c(C(=O)C(=O)N3CCOCC3)n(C)c2C)ccc1F.